The average molecular weight is 614 g/mol. The summed E-state index contributed by atoms with van der Waals surface area (Å²) in [6, 6.07) is 15.9. The molecule has 8 nitrogen and oxygen atoms in total. The van der Waals surface area contributed by atoms with E-state index in [1.54, 1.807) is 6.08 Å². The van der Waals surface area contributed by atoms with Crippen LogP contribution in [-0.2, 0) is 11.3 Å². The van der Waals surface area contributed by atoms with E-state index in [0.717, 1.165) is 65.3 Å². The van der Waals surface area contributed by atoms with E-state index in [1.807, 2.05) is 48.7 Å². The summed E-state index contributed by atoms with van der Waals surface area (Å²) in [6.07, 6.45) is 15.3. The van der Waals surface area contributed by atoms with Crippen LogP contribution in [0.15, 0.2) is 70.4 Å². The smallest absolute Gasteiger partial charge is 0.283 e. The van der Waals surface area contributed by atoms with Gasteiger partial charge in [-0.05, 0) is 67.4 Å². The maximum absolute atomic E-state index is 13.1. The van der Waals surface area contributed by atoms with Crippen molar-refractivity contribution in [2.45, 2.75) is 84.6 Å². The van der Waals surface area contributed by atoms with Gasteiger partial charge in [0.15, 0.2) is 5.84 Å². The number of para-hydroxylation sites is 1. The van der Waals surface area contributed by atoms with Crippen LogP contribution in [0.5, 0.6) is 11.5 Å². The molecule has 0 spiro atoms. The van der Waals surface area contributed by atoms with Crippen LogP contribution in [0.1, 0.15) is 83.6 Å². The van der Waals surface area contributed by atoms with E-state index in [2.05, 4.69) is 34.6 Å². The number of fused-ring (bicyclic) bond motifs is 2. The Morgan fingerprint density at radius 3 is 2.30 bits per heavy atom. The van der Waals surface area contributed by atoms with Gasteiger partial charge in [-0.2, -0.15) is 15.1 Å². The second-order valence-electron chi connectivity index (χ2n) is 11.2. The van der Waals surface area contributed by atoms with E-state index < -0.39 is 5.91 Å². The highest BCUT2D eigenvalue weighted by Crippen LogP contribution is 2.31. The van der Waals surface area contributed by atoms with Crippen LogP contribution in [0, 0.1) is 5.41 Å². The number of ether oxygens (including phenoxy) is 2. The first-order valence-corrected chi connectivity index (χ1v) is 16.8. The van der Waals surface area contributed by atoms with Crippen molar-refractivity contribution in [3.8, 4) is 11.5 Å². The van der Waals surface area contributed by atoms with E-state index in [4.69, 9.17) is 14.9 Å². The summed E-state index contributed by atoms with van der Waals surface area (Å²) in [5.74, 6) is 1.32. The standard InChI is InChI=1S/C35H43N5O3S/c1-3-5-7-9-10-16-32-38-40-33(36)30(34(41)37-35(40)44-32)24-26-25-39(31-15-12-11-14-29(26)31)21-23-43-28-19-17-27(18-20-28)42-22-13-8-6-4-2/h11-12,14-15,17-20,24-25,36H,3-10,13,16,21-23H2,1-2H3/b30-24-,36-33?. The zero-order chi connectivity index (χ0) is 30.7. The molecule has 0 bridgehead atoms. The molecule has 3 aromatic rings. The van der Waals surface area contributed by atoms with Crippen LogP contribution in [0.25, 0.3) is 17.0 Å². The average Bonchev–Trinajstić information content (AvgIpc) is 3.61. The maximum Gasteiger partial charge on any atom is 0.283 e. The normalized spacial score (nSPS) is 15.6. The number of thioether (sulfide) groups is 1. The predicted molar refractivity (Wildman–Crippen MR) is 182 cm³/mol. The van der Waals surface area contributed by atoms with E-state index in [-0.39, 0.29) is 11.4 Å². The van der Waals surface area contributed by atoms with Crippen molar-refractivity contribution in [2.24, 2.45) is 10.1 Å². The minimum Gasteiger partial charge on any atom is -0.494 e. The number of nitrogens with one attached hydrogen (secondary N) is 1. The third kappa shape index (κ3) is 8.00. The lowest BCUT2D eigenvalue weighted by Crippen LogP contribution is -2.35. The summed E-state index contributed by atoms with van der Waals surface area (Å²) in [5.41, 5.74) is 2.14. The minimum atomic E-state index is -0.401. The van der Waals surface area contributed by atoms with Crippen molar-refractivity contribution >= 4 is 50.7 Å². The number of rotatable bonds is 17. The molecule has 0 saturated carbocycles. The molecule has 5 rings (SSSR count). The van der Waals surface area contributed by atoms with E-state index in [0.29, 0.717) is 18.3 Å². The fourth-order valence-electron chi connectivity index (χ4n) is 5.36. The molecule has 0 unspecified atom stereocenters. The van der Waals surface area contributed by atoms with Gasteiger partial charge < -0.3 is 14.0 Å². The van der Waals surface area contributed by atoms with Gasteiger partial charge in [-0.15, -0.1) is 0 Å². The molecule has 9 heteroatoms. The van der Waals surface area contributed by atoms with Gasteiger partial charge in [0, 0.05) is 22.7 Å². The molecule has 232 valence electrons. The zero-order valence-electron chi connectivity index (χ0n) is 25.9. The number of aromatic nitrogens is 1. The third-order valence-corrected chi connectivity index (χ3v) is 8.77. The Hall–Kier alpha value is -3.85. The lowest BCUT2D eigenvalue weighted by Gasteiger charge is -2.20. The van der Waals surface area contributed by atoms with Crippen molar-refractivity contribution < 1.29 is 14.3 Å². The quantitative estimate of drug-likeness (QED) is 0.121. The Morgan fingerprint density at radius 1 is 0.864 bits per heavy atom. The highest BCUT2D eigenvalue weighted by atomic mass is 32.2. The molecule has 2 aliphatic heterocycles. The first-order chi connectivity index (χ1) is 21.6. The molecule has 0 fully saturated rings. The molecule has 44 heavy (non-hydrogen) atoms. The number of nitrogens with zero attached hydrogens (tertiary/aromatic N) is 4. The Kier molecular flexibility index (Phi) is 11.3. The fourth-order valence-corrected chi connectivity index (χ4v) is 6.28. The number of hydrogen-bond acceptors (Lipinski definition) is 6. The number of amides is 1. The SMILES string of the molecule is CCCCCCCC1=NN2C(=N)/C(=C/c3cn(CCOc4ccc(OCCCCCC)cc4)c4ccccc34)C(=O)N=C2S1. The van der Waals surface area contributed by atoms with Crippen LogP contribution >= 0.6 is 11.8 Å². The van der Waals surface area contributed by atoms with Gasteiger partial charge in [-0.1, -0.05) is 77.0 Å². The fraction of sp³-hybridized carbons (Fsp3) is 0.429. The van der Waals surface area contributed by atoms with Crippen molar-refractivity contribution in [1.82, 2.24) is 9.58 Å². The molecule has 0 saturated heterocycles. The minimum absolute atomic E-state index is 0.0713. The Balaban J connectivity index is 1.22. The molecule has 1 aromatic heterocycles. The summed E-state index contributed by atoms with van der Waals surface area (Å²) in [4.78, 5) is 17.4. The number of amidine groups is 2. The molecule has 0 radical (unpaired) electrons. The molecule has 1 N–H and O–H groups in total. The summed E-state index contributed by atoms with van der Waals surface area (Å²) >= 11 is 1.41. The molecule has 2 aliphatic rings. The Labute approximate surface area is 264 Å². The van der Waals surface area contributed by atoms with Gasteiger partial charge in [0.2, 0.25) is 5.17 Å². The van der Waals surface area contributed by atoms with Crippen LogP contribution in [0.4, 0.5) is 0 Å². The first kappa shape index (κ1) is 31.6. The van der Waals surface area contributed by atoms with Gasteiger partial charge in [0.25, 0.3) is 5.91 Å². The number of unbranched alkanes of at least 4 members (excludes halogenated alkanes) is 7. The zero-order valence-corrected chi connectivity index (χ0v) is 26.7. The Morgan fingerprint density at radius 2 is 1.55 bits per heavy atom. The van der Waals surface area contributed by atoms with Gasteiger partial charge in [-0.3, -0.25) is 10.2 Å². The maximum atomic E-state index is 13.1. The largest absolute Gasteiger partial charge is 0.494 e. The second-order valence-corrected chi connectivity index (χ2v) is 12.2. The van der Waals surface area contributed by atoms with Gasteiger partial charge in [-0.25, -0.2) is 0 Å². The van der Waals surface area contributed by atoms with Crippen molar-refractivity contribution in [3.05, 3.63) is 65.9 Å². The van der Waals surface area contributed by atoms with Crippen molar-refractivity contribution in [1.29, 1.82) is 5.41 Å². The van der Waals surface area contributed by atoms with Gasteiger partial charge in [0.05, 0.1) is 18.7 Å². The van der Waals surface area contributed by atoms with Gasteiger partial charge >= 0.3 is 0 Å². The predicted octanol–water partition coefficient (Wildman–Crippen LogP) is 8.66. The van der Waals surface area contributed by atoms with E-state index in [9.17, 15) is 4.79 Å². The number of hydrazone groups is 1. The lowest BCUT2D eigenvalue weighted by atomic mass is 10.1. The van der Waals surface area contributed by atoms with E-state index >= 15 is 0 Å². The third-order valence-electron chi connectivity index (χ3n) is 7.80. The summed E-state index contributed by atoms with van der Waals surface area (Å²) < 4.78 is 14.0. The molecule has 1 amide bonds. The molecule has 0 aliphatic carbocycles. The topological polar surface area (TPSA) is 92.3 Å². The van der Waals surface area contributed by atoms with Crippen molar-refractivity contribution in [3.63, 3.8) is 0 Å². The van der Waals surface area contributed by atoms with Crippen molar-refractivity contribution in [2.75, 3.05) is 13.2 Å². The number of carbonyl (C=O) groups excluding carboxylic acids is 1. The highest BCUT2D eigenvalue weighted by Gasteiger charge is 2.35. The summed E-state index contributed by atoms with van der Waals surface area (Å²) in [7, 11) is 0. The highest BCUT2D eigenvalue weighted by molar-refractivity contribution is 8.26. The molecule has 0 atom stereocenters. The summed E-state index contributed by atoms with van der Waals surface area (Å²) in [5, 5.41) is 17.4. The number of benzene rings is 2. The number of aliphatic imine (C=N–C) groups is 1. The Bertz CT molecular complexity index is 1540. The first-order valence-electron chi connectivity index (χ1n) is 16.0. The van der Waals surface area contributed by atoms with Crippen LogP contribution in [-0.4, -0.2) is 44.7 Å². The van der Waals surface area contributed by atoms with E-state index in [1.165, 1.54) is 55.3 Å². The number of carbonyl (C=O) groups is 1. The second kappa shape index (κ2) is 15.7. The number of hydrogen-bond donors (Lipinski definition) is 1. The van der Waals surface area contributed by atoms with Crippen LogP contribution in [0.2, 0.25) is 0 Å². The lowest BCUT2D eigenvalue weighted by molar-refractivity contribution is -0.114. The monoisotopic (exact) mass is 613 g/mol. The molecule has 3 heterocycles. The molecule has 2 aromatic carbocycles. The van der Waals surface area contributed by atoms with Crippen LogP contribution in [0.3, 0.4) is 0 Å². The summed E-state index contributed by atoms with van der Waals surface area (Å²) in [6.45, 7) is 6.26. The molecular formula is C35H43N5O3S. The van der Waals surface area contributed by atoms with Crippen LogP contribution < -0.4 is 9.47 Å². The van der Waals surface area contributed by atoms with Gasteiger partial charge in [0.1, 0.15) is 23.1 Å². The molecular weight excluding hydrogens is 570 g/mol.